The largest absolute Gasteiger partial charge is 0.314 e. The first kappa shape index (κ1) is 11.3. The summed E-state index contributed by atoms with van der Waals surface area (Å²) in [4.78, 5) is 7.47. The minimum absolute atomic E-state index is 0.842. The fraction of sp³-hybridized carbons (Fsp3) is 1.00. The van der Waals surface area contributed by atoms with Crippen LogP contribution in [0.4, 0.5) is 0 Å². The predicted octanol–water partition coefficient (Wildman–Crippen LogP) is -0.863. The summed E-state index contributed by atoms with van der Waals surface area (Å²) < 4.78 is 0. The summed E-state index contributed by atoms with van der Waals surface area (Å²) in [5, 5.41) is 3.41. The molecule has 15 heavy (non-hydrogen) atoms. The second-order valence-corrected chi connectivity index (χ2v) is 5.00. The number of hydrogen-bond acceptors (Lipinski definition) is 4. The smallest absolute Gasteiger partial charge is 0.0351 e. The number of piperazine rings is 1. The number of likely N-dealkylation sites (tertiary alicyclic amines) is 1. The van der Waals surface area contributed by atoms with Crippen LogP contribution in [0.2, 0.25) is 0 Å². The highest BCUT2D eigenvalue weighted by molar-refractivity contribution is 4.89. The van der Waals surface area contributed by atoms with Gasteiger partial charge in [-0.05, 0) is 14.1 Å². The van der Waals surface area contributed by atoms with Gasteiger partial charge in [-0.25, -0.2) is 0 Å². The molecular weight excluding hydrogens is 188 g/mol. The van der Waals surface area contributed by atoms with Crippen LogP contribution in [0.15, 0.2) is 0 Å². The Morgan fingerprint density at radius 2 is 1.87 bits per heavy atom. The van der Waals surface area contributed by atoms with Gasteiger partial charge in [0.05, 0.1) is 0 Å². The molecular formula is C11H24N4. The van der Waals surface area contributed by atoms with Crippen LogP contribution in [-0.4, -0.2) is 87.2 Å². The molecule has 0 spiro atoms. The molecule has 0 atom stereocenters. The van der Waals surface area contributed by atoms with Crippen LogP contribution in [0.3, 0.4) is 0 Å². The monoisotopic (exact) mass is 212 g/mol. The fourth-order valence-electron chi connectivity index (χ4n) is 2.34. The molecule has 0 bridgehead atoms. The molecule has 0 aromatic carbocycles. The molecule has 0 unspecified atom stereocenters. The van der Waals surface area contributed by atoms with E-state index in [0.717, 1.165) is 6.04 Å². The maximum atomic E-state index is 3.41. The van der Waals surface area contributed by atoms with Crippen molar-refractivity contribution in [3.8, 4) is 0 Å². The molecule has 2 rings (SSSR count). The van der Waals surface area contributed by atoms with Crippen molar-refractivity contribution in [1.29, 1.82) is 0 Å². The quantitative estimate of drug-likeness (QED) is 0.654. The van der Waals surface area contributed by atoms with Gasteiger partial charge in [0.15, 0.2) is 0 Å². The van der Waals surface area contributed by atoms with Crippen molar-refractivity contribution in [2.75, 3.05) is 66.5 Å². The third-order valence-corrected chi connectivity index (χ3v) is 3.47. The van der Waals surface area contributed by atoms with Gasteiger partial charge in [-0.2, -0.15) is 0 Å². The van der Waals surface area contributed by atoms with E-state index < -0.39 is 0 Å². The van der Waals surface area contributed by atoms with Gasteiger partial charge in [-0.3, -0.25) is 9.80 Å². The Labute approximate surface area is 93.2 Å². The summed E-state index contributed by atoms with van der Waals surface area (Å²) in [6.07, 6.45) is 0. The average Bonchev–Trinajstić information content (AvgIpc) is 2.16. The summed E-state index contributed by atoms with van der Waals surface area (Å²) in [6.45, 7) is 9.83. The van der Waals surface area contributed by atoms with Crippen LogP contribution in [0.25, 0.3) is 0 Å². The van der Waals surface area contributed by atoms with Gasteiger partial charge in [-0.1, -0.05) is 0 Å². The van der Waals surface area contributed by atoms with Crippen molar-refractivity contribution >= 4 is 0 Å². The zero-order valence-electron chi connectivity index (χ0n) is 10.1. The van der Waals surface area contributed by atoms with Crippen molar-refractivity contribution in [3.05, 3.63) is 0 Å². The van der Waals surface area contributed by atoms with Crippen LogP contribution in [0, 0.1) is 0 Å². The second-order valence-electron chi connectivity index (χ2n) is 5.00. The van der Waals surface area contributed by atoms with Gasteiger partial charge < -0.3 is 10.2 Å². The van der Waals surface area contributed by atoms with E-state index in [9.17, 15) is 0 Å². The number of hydrogen-bond donors (Lipinski definition) is 1. The number of nitrogens with zero attached hydrogens (tertiary/aromatic N) is 3. The zero-order chi connectivity index (χ0) is 10.7. The van der Waals surface area contributed by atoms with E-state index in [2.05, 4.69) is 34.1 Å². The Kier molecular flexibility index (Phi) is 3.97. The molecule has 88 valence electrons. The van der Waals surface area contributed by atoms with Crippen molar-refractivity contribution in [2.24, 2.45) is 0 Å². The molecule has 0 saturated carbocycles. The summed E-state index contributed by atoms with van der Waals surface area (Å²) >= 11 is 0. The predicted molar refractivity (Wildman–Crippen MR) is 63.2 cm³/mol. The summed E-state index contributed by atoms with van der Waals surface area (Å²) in [7, 11) is 4.29. The minimum atomic E-state index is 0.842. The molecule has 2 aliphatic rings. The van der Waals surface area contributed by atoms with Crippen molar-refractivity contribution in [3.63, 3.8) is 0 Å². The lowest BCUT2D eigenvalue weighted by Gasteiger charge is -2.47. The maximum Gasteiger partial charge on any atom is 0.0351 e. The topological polar surface area (TPSA) is 21.8 Å². The second kappa shape index (κ2) is 5.25. The molecule has 0 amide bonds. The number of likely N-dealkylation sites (N-methyl/N-ethyl adjacent to an activating group) is 1. The number of rotatable bonds is 4. The highest BCUT2D eigenvalue weighted by atomic mass is 15.3. The van der Waals surface area contributed by atoms with Gasteiger partial charge in [-0.15, -0.1) is 0 Å². The first-order valence-corrected chi connectivity index (χ1v) is 6.07. The van der Waals surface area contributed by atoms with Crippen molar-refractivity contribution < 1.29 is 0 Å². The molecule has 2 saturated heterocycles. The van der Waals surface area contributed by atoms with Crippen LogP contribution < -0.4 is 5.32 Å². The van der Waals surface area contributed by atoms with E-state index >= 15 is 0 Å². The van der Waals surface area contributed by atoms with E-state index in [1.807, 2.05) is 0 Å². The molecule has 4 heteroatoms. The lowest BCUT2D eigenvalue weighted by molar-refractivity contribution is 0.0242. The fourth-order valence-corrected chi connectivity index (χ4v) is 2.34. The molecule has 1 N–H and O–H groups in total. The van der Waals surface area contributed by atoms with Crippen LogP contribution in [0.1, 0.15) is 0 Å². The highest BCUT2D eigenvalue weighted by Crippen LogP contribution is 2.14. The Hall–Kier alpha value is -0.160. The van der Waals surface area contributed by atoms with Crippen molar-refractivity contribution in [2.45, 2.75) is 6.04 Å². The Morgan fingerprint density at radius 3 is 2.47 bits per heavy atom. The third kappa shape index (κ3) is 3.14. The average molecular weight is 212 g/mol. The van der Waals surface area contributed by atoms with E-state index in [0.29, 0.717) is 0 Å². The van der Waals surface area contributed by atoms with Gasteiger partial charge >= 0.3 is 0 Å². The van der Waals surface area contributed by atoms with Gasteiger partial charge in [0.1, 0.15) is 0 Å². The molecule has 0 aromatic rings. The van der Waals surface area contributed by atoms with Crippen LogP contribution in [0.5, 0.6) is 0 Å². The molecule has 0 aliphatic carbocycles. The van der Waals surface area contributed by atoms with E-state index in [1.165, 1.54) is 52.4 Å². The molecule has 2 aliphatic heterocycles. The molecule has 2 heterocycles. The standard InChI is InChI=1S/C11H24N4/c1-13(2)7-8-14-9-11(10-14)15-5-3-12-4-6-15/h11-12H,3-10H2,1-2H3. The van der Waals surface area contributed by atoms with E-state index in [1.54, 1.807) is 0 Å². The van der Waals surface area contributed by atoms with E-state index in [-0.39, 0.29) is 0 Å². The SMILES string of the molecule is CN(C)CCN1CC(N2CCNCC2)C1. The zero-order valence-corrected chi connectivity index (χ0v) is 10.1. The molecule has 4 nitrogen and oxygen atoms in total. The highest BCUT2D eigenvalue weighted by Gasteiger charge is 2.31. The summed E-state index contributed by atoms with van der Waals surface area (Å²) in [5.74, 6) is 0. The molecule has 0 aromatic heterocycles. The molecule has 0 radical (unpaired) electrons. The van der Waals surface area contributed by atoms with Crippen LogP contribution in [-0.2, 0) is 0 Å². The lowest BCUT2D eigenvalue weighted by Crippen LogP contribution is -2.63. The first-order chi connectivity index (χ1) is 7.25. The van der Waals surface area contributed by atoms with E-state index in [4.69, 9.17) is 0 Å². The van der Waals surface area contributed by atoms with Gasteiger partial charge in [0.2, 0.25) is 0 Å². The number of nitrogens with one attached hydrogen (secondary N) is 1. The summed E-state index contributed by atoms with van der Waals surface area (Å²) in [5.41, 5.74) is 0. The third-order valence-electron chi connectivity index (χ3n) is 3.47. The van der Waals surface area contributed by atoms with Gasteiger partial charge in [0.25, 0.3) is 0 Å². The Bertz CT molecular complexity index is 183. The summed E-state index contributed by atoms with van der Waals surface area (Å²) in [6, 6.07) is 0.842. The lowest BCUT2D eigenvalue weighted by atomic mass is 10.1. The Morgan fingerprint density at radius 1 is 1.20 bits per heavy atom. The van der Waals surface area contributed by atoms with Crippen LogP contribution >= 0.6 is 0 Å². The maximum absolute atomic E-state index is 3.41. The Balaban J connectivity index is 1.60. The minimum Gasteiger partial charge on any atom is -0.314 e. The normalized spacial score (nSPS) is 25.8. The molecule has 2 fully saturated rings. The van der Waals surface area contributed by atoms with Crippen molar-refractivity contribution in [1.82, 2.24) is 20.0 Å². The first-order valence-electron chi connectivity index (χ1n) is 6.07. The van der Waals surface area contributed by atoms with Gasteiger partial charge in [0, 0.05) is 58.4 Å².